The fraction of sp³-hybridized carbons (Fsp3) is 0.571. The molecule has 0 saturated carbocycles. The highest BCUT2D eigenvalue weighted by molar-refractivity contribution is 7.99. The van der Waals surface area contributed by atoms with Gasteiger partial charge in [-0.15, -0.1) is 0 Å². The predicted octanol–water partition coefficient (Wildman–Crippen LogP) is 2.44. The van der Waals surface area contributed by atoms with Crippen LogP contribution in [0.4, 0.5) is 0 Å². The molecule has 1 aromatic carbocycles. The highest BCUT2D eigenvalue weighted by atomic mass is 32.2. The monoisotopic (exact) mass is 283 g/mol. The van der Waals surface area contributed by atoms with Crippen molar-refractivity contribution in [2.75, 3.05) is 31.5 Å². The molecular weight excluding hydrogens is 262 g/mol. The minimum Gasteiger partial charge on any atom is -0.493 e. The van der Waals surface area contributed by atoms with Crippen LogP contribution in [0.25, 0.3) is 0 Å². The minimum absolute atomic E-state index is 0.286. The fourth-order valence-corrected chi connectivity index (χ4v) is 2.55. The molecule has 1 aliphatic heterocycles. The highest BCUT2D eigenvalue weighted by Crippen LogP contribution is 2.38. The summed E-state index contributed by atoms with van der Waals surface area (Å²) in [7, 11) is 0. The Bertz CT molecular complexity index is 412. The van der Waals surface area contributed by atoms with E-state index in [2.05, 4.69) is 6.92 Å². The quantitative estimate of drug-likeness (QED) is 0.743. The summed E-state index contributed by atoms with van der Waals surface area (Å²) >= 11 is 1.93. The van der Waals surface area contributed by atoms with E-state index >= 15 is 0 Å². The van der Waals surface area contributed by atoms with Crippen LogP contribution in [0.1, 0.15) is 18.9 Å². The lowest BCUT2D eigenvalue weighted by Gasteiger charge is -2.12. The summed E-state index contributed by atoms with van der Waals surface area (Å²) in [6.45, 7) is 3.78. The average Bonchev–Trinajstić information content (AvgIpc) is 2.86. The van der Waals surface area contributed by atoms with Gasteiger partial charge >= 0.3 is 0 Å². The van der Waals surface area contributed by atoms with E-state index in [1.807, 2.05) is 23.9 Å². The number of hydrogen-bond donors (Lipinski definition) is 1. The molecular formula is C14H21NO3S. The highest BCUT2D eigenvalue weighted by Gasteiger charge is 2.17. The summed E-state index contributed by atoms with van der Waals surface area (Å²) in [6, 6.07) is 3.89. The van der Waals surface area contributed by atoms with Gasteiger partial charge in [-0.3, -0.25) is 0 Å². The molecule has 19 heavy (non-hydrogen) atoms. The summed E-state index contributed by atoms with van der Waals surface area (Å²) < 4.78 is 16.6. The van der Waals surface area contributed by atoms with Crippen molar-refractivity contribution in [1.82, 2.24) is 0 Å². The van der Waals surface area contributed by atoms with Gasteiger partial charge in [-0.25, -0.2) is 0 Å². The SMILES string of the molecule is CCSCCCOc1cc2c(cc1CCN)OCO2. The van der Waals surface area contributed by atoms with Crippen molar-refractivity contribution >= 4 is 11.8 Å². The van der Waals surface area contributed by atoms with Crippen molar-refractivity contribution in [3.63, 3.8) is 0 Å². The fourth-order valence-electron chi connectivity index (χ4n) is 1.94. The number of nitrogens with two attached hydrogens (primary N) is 1. The topological polar surface area (TPSA) is 53.7 Å². The minimum atomic E-state index is 0.286. The molecule has 1 aliphatic rings. The summed E-state index contributed by atoms with van der Waals surface area (Å²) in [5.41, 5.74) is 6.73. The molecule has 4 nitrogen and oxygen atoms in total. The van der Waals surface area contributed by atoms with Gasteiger partial charge in [-0.2, -0.15) is 11.8 Å². The molecule has 0 radical (unpaired) electrons. The second-order valence-corrected chi connectivity index (χ2v) is 5.64. The number of fused-ring (bicyclic) bond motifs is 1. The van der Waals surface area contributed by atoms with Crippen LogP contribution in [0.3, 0.4) is 0 Å². The third-order valence-corrected chi connectivity index (χ3v) is 3.85. The van der Waals surface area contributed by atoms with Crippen molar-refractivity contribution < 1.29 is 14.2 Å². The van der Waals surface area contributed by atoms with Gasteiger partial charge < -0.3 is 19.9 Å². The molecule has 0 aromatic heterocycles. The van der Waals surface area contributed by atoms with E-state index in [1.54, 1.807) is 0 Å². The maximum absolute atomic E-state index is 5.86. The maximum atomic E-state index is 5.86. The van der Waals surface area contributed by atoms with Gasteiger partial charge in [0.1, 0.15) is 5.75 Å². The van der Waals surface area contributed by atoms with Gasteiger partial charge in [-0.05, 0) is 42.5 Å². The van der Waals surface area contributed by atoms with E-state index in [1.165, 1.54) is 0 Å². The zero-order valence-corrected chi connectivity index (χ0v) is 12.1. The summed E-state index contributed by atoms with van der Waals surface area (Å²) in [5.74, 6) is 4.71. The lowest BCUT2D eigenvalue weighted by Crippen LogP contribution is -2.06. The molecule has 2 N–H and O–H groups in total. The molecule has 1 heterocycles. The second-order valence-electron chi connectivity index (χ2n) is 4.25. The Labute approximate surface area is 118 Å². The first-order valence-electron chi connectivity index (χ1n) is 6.68. The third-order valence-electron chi connectivity index (χ3n) is 2.86. The van der Waals surface area contributed by atoms with E-state index < -0.39 is 0 Å². The number of hydrogen-bond acceptors (Lipinski definition) is 5. The Balaban J connectivity index is 1.97. The third kappa shape index (κ3) is 3.94. The van der Waals surface area contributed by atoms with Crippen LogP contribution in [0.5, 0.6) is 17.2 Å². The van der Waals surface area contributed by atoms with E-state index in [4.69, 9.17) is 19.9 Å². The lowest BCUT2D eigenvalue weighted by atomic mass is 10.1. The largest absolute Gasteiger partial charge is 0.493 e. The van der Waals surface area contributed by atoms with Crippen LogP contribution < -0.4 is 19.9 Å². The predicted molar refractivity (Wildman–Crippen MR) is 78.4 cm³/mol. The first kappa shape index (κ1) is 14.3. The maximum Gasteiger partial charge on any atom is 0.231 e. The van der Waals surface area contributed by atoms with Crippen LogP contribution in [-0.4, -0.2) is 31.5 Å². The van der Waals surface area contributed by atoms with Crippen molar-refractivity contribution in [3.05, 3.63) is 17.7 Å². The van der Waals surface area contributed by atoms with Gasteiger partial charge in [0.25, 0.3) is 0 Å². The van der Waals surface area contributed by atoms with Crippen molar-refractivity contribution in [2.24, 2.45) is 5.73 Å². The molecule has 0 amide bonds. The molecule has 0 atom stereocenters. The molecule has 106 valence electrons. The van der Waals surface area contributed by atoms with E-state index in [9.17, 15) is 0 Å². The molecule has 0 aliphatic carbocycles. The Morgan fingerprint density at radius 3 is 2.84 bits per heavy atom. The van der Waals surface area contributed by atoms with Crippen molar-refractivity contribution in [3.8, 4) is 17.2 Å². The molecule has 0 fully saturated rings. The van der Waals surface area contributed by atoms with Crippen molar-refractivity contribution in [1.29, 1.82) is 0 Å². The van der Waals surface area contributed by atoms with Gasteiger partial charge in [0, 0.05) is 6.07 Å². The first-order valence-corrected chi connectivity index (χ1v) is 7.83. The summed E-state index contributed by atoms with van der Waals surface area (Å²) in [5, 5.41) is 0. The smallest absolute Gasteiger partial charge is 0.231 e. The first-order chi connectivity index (χ1) is 9.35. The standard InChI is InChI=1S/C14H21NO3S/c1-2-19-7-3-6-16-12-9-14-13(17-10-18-14)8-11(12)4-5-15/h8-9H,2-7,10,15H2,1H3. The van der Waals surface area contributed by atoms with Crippen LogP contribution in [0, 0.1) is 0 Å². The Kier molecular flexibility index (Phi) is 5.66. The average molecular weight is 283 g/mol. The van der Waals surface area contributed by atoms with E-state index in [-0.39, 0.29) is 6.79 Å². The van der Waals surface area contributed by atoms with Gasteiger partial charge in [0.05, 0.1) is 6.61 Å². The molecule has 5 heteroatoms. The zero-order valence-electron chi connectivity index (χ0n) is 11.3. The van der Waals surface area contributed by atoms with Gasteiger partial charge in [0.2, 0.25) is 6.79 Å². The number of ether oxygens (including phenoxy) is 3. The van der Waals surface area contributed by atoms with Crippen molar-refractivity contribution in [2.45, 2.75) is 19.8 Å². The molecule has 0 saturated heterocycles. The zero-order chi connectivity index (χ0) is 13.5. The van der Waals surface area contributed by atoms with E-state index in [0.29, 0.717) is 6.54 Å². The van der Waals surface area contributed by atoms with Crippen LogP contribution in [0.15, 0.2) is 12.1 Å². The molecule has 0 bridgehead atoms. The van der Waals surface area contributed by atoms with Gasteiger partial charge in [-0.1, -0.05) is 6.92 Å². The Hall–Kier alpha value is -1.07. The molecule has 0 unspecified atom stereocenters. The summed E-state index contributed by atoms with van der Waals surface area (Å²) in [6.07, 6.45) is 1.84. The Morgan fingerprint density at radius 1 is 1.32 bits per heavy atom. The second kappa shape index (κ2) is 7.50. The number of thioether (sulfide) groups is 1. The molecule has 1 aromatic rings. The van der Waals surface area contributed by atoms with Crippen LogP contribution in [0.2, 0.25) is 0 Å². The van der Waals surface area contributed by atoms with Gasteiger partial charge in [0.15, 0.2) is 11.5 Å². The molecule has 0 spiro atoms. The van der Waals surface area contributed by atoms with Crippen LogP contribution >= 0.6 is 11.8 Å². The lowest BCUT2D eigenvalue weighted by molar-refractivity contribution is 0.173. The van der Waals surface area contributed by atoms with Crippen LogP contribution in [-0.2, 0) is 6.42 Å². The molecule has 2 rings (SSSR count). The summed E-state index contributed by atoms with van der Waals surface area (Å²) in [4.78, 5) is 0. The number of rotatable bonds is 8. The number of benzene rings is 1. The van der Waals surface area contributed by atoms with E-state index in [0.717, 1.165) is 53.8 Å². The Morgan fingerprint density at radius 2 is 2.11 bits per heavy atom. The normalized spacial score (nSPS) is 12.7.